The Morgan fingerprint density at radius 1 is 1.22 bits per heavy atom. The second kappa shape index (κ2) is 5.91. The van der Waals surface area contributed by atoms with Crippen LogP contribution in [0.1, 0.15) is 51.5 Å². The van der Waals surface area contributed by atoms with Gasteiger partial charge < -0.3 is 5.11 Å². The molecular formula is C16H23IO. The van der Waals surface area contributed by atoms with Gasteiger partial charge in [-0.2, -0.15) is 0 Å². The van der Waals surface area contributed by atoms with E-state index in [-0.39, 0.29) is 0 Å². The number of benzene rings is 1. The fourth-order valence-electron chi connectivity index (χ4n) is 3.44. The monoisotopic (exact) mass is 358 g/mol. The van der Waals surface area contributed by atoms with Gasteiger partial charge in [-0.3, -0.25) is 0 Å². The summed E-state index contributed by atoms with van der Waals surface area (Å²) in [6.07, 6.45) is 6.23. The second-order valence-corrected chi connectivity index (χ2v) is 6.96. The minimum Gasteiger partial charge on any atom is -0.385 e. The fraction of sp³-hybridized carbons (Fsp3) is 0.625. The highest BCUT2D eigenvalue weighted by atomic mass is 127. The molecule has 0 spiro atoms. The summed E-state index contributed by atoms with van der Waals surface area (Å²) in [6.45, 7) is 4.26. The van der Waals surface area contributed by atoms with Gasteiger partial charge in [0.25, 0.3) is 0 Å². The molecule has 2 rings (SSSR count). The molecule has 1 aliphatic rings. The van der Waals surface area contributed by atoms with E-state index >= 15 is 0 Å². The van der Waals surface area contributed by atoms with E-state index < -0.39 is 5.60 Å². The Bertz CT molecular complexity index is 383. The number of halogens is 1. The predicted octanol–water partition coefficient (Wildman–Crippen LogP) is 4.72. The Kier molecular flexibility index (Phi) is 4.70. The maximum absolute atomic E-state index is 11.0. The van der Waals surface area contributed by atoms with E-state index in [2.05, 4.69) is 53.8 Å². The molecular weight excluding hydrogens is 335 g/mol. The Morgan fingerprint density at radius 2 is 1.83 bits per heavy atom. The molecule has 1 N–H and O–H groups in total. The Hall–Kier alpha value is -0.0900. The Labute approximate surface area is 124 Å². The van der Waals surface area contributed by atoms with Crippen LogP contribution < -0.4 is 0 Å². The lowest BCUT2D eigenvalue weighted by atomic mass is 9.67. The van der Waals surface area contributed by atoms with Crippen LogP contribution in [-0.2, 0) is 5.60 Å². The van der Waals surface area contributed by atoms with Crippen molar-refractivity contribution in [3.63, 3.8) is 0 Å². The Morgan fingerprint density at radius 3 is 2.44 bits per heavy atom. The molecule has 1 aliphatic carbocycles. The number of aliphatic hydroxyl groups is 1. The van der Waals surface area contributed by atoms with Gasteiger partial charge in [-0.15, -0.1) is 0 Å². The van der Waals surface area contributed by atoms with Crippen molar-refractivity contribution in [2.75, 3.05) is 0 Å². The van der Waals surface area contributed by atoms with Crippen molar-refractivity contribution in [2.45, 2.75) is 51.6 Å². The topological polar surface area (TPSA) is 20.2 Å². The molecule has 1 nitrogen and oxygen atoms in total. The quantitative estimate of drug-likeness (QED) is 0.776. The summed E-state index contributed by atoms with van der Waals surface area (Å²) in [4.78, 5) is 0. The molecule has 1 aromatic rings. The summed E-state index contributed by atoms with van der Waals surface area (Å²) in [5, 5.41) is 11.0. The van der Waals surface area contributed by atoms with E-state index in [0.717, 1.165) is 12.0 Å². The van der Waals surface area contributed by atoms with Crippen LogP contribution in [0.2, 0.25) is 0 Å². The third-order valence-electron chi connectivity index (χ3n) is 4.58. The largest absolute Gasteiger partial charge is 0.385 e. The molecule has 1 fully saturated rings. The summed E-state index contributed by atoms with van der Waals surface area (Å²) in [5.41, 5.74) is 0.402. The van der Waals surface area contributed by atoms with Crippen molar-refractivity contribution in [3.8, 4) is 0 Å². The van der Waals surface area contributed by atoms with Gasteiger partial charge in [-0.05, 0) is 65.5 Å². The molecule has 3 atom stereocenters. The van der Waals surface area contributed by atoms with Gasteiger partial charge in [-0.1, -0.05) is 44.7 Å². The highest BCUT2D eigenvalue weighted by molar-refractivity contribution is 14.1. The summed E-state index contributed by atoms with van der Waals surface area (Å²) in [5.74, 6) is 1.09. The highest BCUT2D eigenvalue weighted by Gasteiger charge is 2.39. The van der Waals surface area contributed by atoms with Gasteiger partial charge in [-0.25, -0.2) is 0 Å². The Balaban J connectivity index is 2.25. The lowest BCUT2D eigenvalue weighted by Crippen LogP contribution is -2.38. The lowest BCUT2D eigenvalue weighted by Gasteiger charge is -2.41. The van der Waals surface area contributed by atoms with Gasteiger partial charge in [0.2, 0.25) is 0 Å². The molecule has 0 heterocycles. The highest BCUT2D eigenvalue weighted by Crippen LogP contribution is 2.43. The minimum absolute atomic E-state index is 0.413. The van der Waals surface area contributed by atoms with Crippen molar-refractivity contribution in [2.24, 2.45) is 11.8 Å². The van der Waals surface area contributed by atoms with Crippen LogP contribution in [0.15, 0.2) is 24.3 Å². The zero-order chi connectivity index (χ0) is 13.2. The smallest absolute Gasteiger partial charge is 0.0899 e. The van der Waals surface area contributed by atoms with Gasteiger partial charge in [0.05, 0.1) is 5.60 Å². The molecule has 0 aliphatic heterocycles. The summed E-state index contributed by atoms with van der Waals surface area (Å²) < 4.78 is 1.22. The van der Waals surface area contributed by atoms with Crippen LogP contribution >= 0.6 is 22.6 Å². The molecule has 100 valence electrons. The lowest BCUT2D eigenvalue weighted by molar-refractivity contribution is -0.0489. The first-order valence-corrected chi connectivity index (χ1v) is 8.12. The molecule has 1 aromatic carbocycles. The second-order valence-electron chi connectivity index (χ2n) is 5.71. The van der Waals surface area contributed by atoms with Crippen molar-refractivity contribution in [1.29, 1.82) is 0 Å². The molecule has 18 heavy (non-hydrogen) atoms. The van der Waals surface area contributed by atoms with E-state index in [9.17, 15) is 5.11 Å². The normalized spacial score (nSPS) is 27.8. The van der Waals surface area contributed by atoms with Gasteiger partial charge in [0.15, 0.2) is 0 Å². The van der Waals surface area contributed by atoms with Crippen molar-refractivity contribution < 1.29 is 5.11 Å². The van der Waals surface area contributed by atoms with Gasteiger partial charge in [0.1, 0.15) is 0 Å². The number of rotatable bonds is 3. The average Bonchev–Trinajstić information content (AvgIpc) is 2.39. The van der Waals surface area contributed by atoms with Gasteiger partial charge >= 0.3 is 0 Å². The van der Waals surface area contributed by atoms with Crippen LogP contribution in [0.3, 0.4) is 0 Å². The maximum atomic E-state index is 11.0. The maximum Gasteiger partial charge on any atom is 0.0899 e. The summed E-state index contributed by atoms with van der Waals surface area (Å²) in [7, 11) is 0. The standard InChI is InChI=1S/C16H23IO/c1-3-12-6-4-5-7-15(12)16(2,18)13-8-10-14(17)11-9-13/h8-12,15,18H,3-7H2,1-2H3. The van der Waals surface area contributed by atoms with Gasteiger partial charge in [0, 0.05) is 3.57 Å². The molecule has 3 unspecified atom stereocenters. The number of hydrogen-bond donors (Lipinski definition) is 1. The van der Waals surface area contributed by atoms with E-state index in [1.807, 2.05) is 6.92 Å². The van der Waals surface area contributed by atoms with E-state index in [0.29, 0.717) is 11.8 Å². The summed E-state index contributed by atoms with van der Waals surface area (Å²) in [6, 6.07) is 8.36. The average molecular weight is 358 g/mol. The van der Waals surface area contributed by atoms with Crippen LogP contribution in [-0.4, -0.2) is 5.11 Å². The third kappa shape index (κ3) is 2.90. The van der Waals surface area contributed by atoms with Crippen molar-refractivity contribution in [3.05, 3.63) is 33.4 Å². The zero-order valence-electron chi connectivity index (χ0n) is 11.3. The summed E-state index contributed by atoms with van der Waals surface area (Å²) >= 11 is 2.31. The number of hydrogen-bond acceptors (Lipinski definition) is 1. The molecule has 2 heteroatoms. The van der Waals surface area contributed by atoms with Crippen LogP contribution in [0.25, 0.3) is 0 Å². The molecule has 0 radical (unpaired) electrons. The first-order chi connectivity index (χ1) is 8.55. The van der Waals surface area contributed by atoms with Crippen molar-refractivity contribution in [1.82, 2.24) is 0 Å². The molecule has 0 saturated heterocycles. The first-order valence-electron chi connectivity index (χ1n) is 7.04. The van der Waals surface area contributed by atoms with E-state index in [1.165, 1.54) is 29.3 Å². The van der Waals surface area contributed by atoms with Crippen LogP contribution in [0.5, 0.6) is 0 Å². The molecule has 0 aromatic heterocycles. The molecule has 0 bridgehead atoms. The third-order valence-corrected chi connectivity index (χ3v) is 5.30. The predicted molar refractivity (Wildman–Crippen MR) is 84.5 cm³/mol. The first kappa shape index (κ1) is 14.3. The minimum atomic E-state index is -0.675. The SMILES string of the molecule is CCC1CCCCC1C(C)(O)c1ccc(I)cc1. The zero-order valence-corrected chi connectivity index (χ0v) is 13.5. The molecule has 0 amide bonds. The van der Waals surface area contributed by atoms with Crippen molar-refractivity contribution >= 4 is 22.6 Å². The van der Waals surface area contributed by atoms with Crippen LogP contribution in [0.4, 0.5) is 0 Å². The van der Waals surface area contributed by atoms with Crippen LogP contribution in [0, 0.1) is 15.4 Å². The molecule has 1 saturated carbocycles. The van der Waals surface area contributed by atoms with E-state index in [1.54, 1.807) is 0 Å². The fourth-order valence-corrected chi connectivity index (χ4v) is 3.80. The van der Waals surface area contributed by atoms with E-state index in [4.69, 9.17) is 0 Å².